The van der Waals surface area contributed by atoms with E-state index < -0.39 is 26.6 Å². The molecule has 0 radical (unpaired) electrons. The number of carbonyl (C=O) groups is 1. The predicted octanol–water partition coefficient (Wildman–Crippen LogP) is -0.420. The number of amides is 1. The molecule has 0 aliphatic rings. The molecule has 1 aromatic carbocycles. The average Bonchev–Trinajstić information content (AvgIpc) is 2.08. The molecule has 0 fully saturated rings. The molecule has 0 heterocycles. The van der Waals surface area contributed by atoms with Crippen molar-refractivity contribution in [3.8, 4) is 5.75 Å². The number of phenols is 1. The van der Waals surface area contributed by atoms with Crippen molar-refractivity contribution in [3.63, 3.8) is 0 Å². The van der Waals surface area contributed by atoms with Gasteiger partial charge in [0.25, 0.3) is 0 Å². The number of phenolic OH excluding ortho intramolecular Hbond substituents is 1. The second-order valence-corrected chi connectivity index (χ2v) is 4.67. The molecule has 1 rings (SSSR count). The summed E-state index contributed by atoms with van der Waals surface area (Å²) >= 11 is 0. The molecule has 0 aliphatic heterocycles. The van der Waals surface area contributed by atoms with Crippen LogP contribution in [0.2, 0.25) is 0 Å². The Bertz CT molecular complexity index is 538. The highest BCUT2D eigenvalue weighted by Gasteiger charge is 2.17. The zero-order chi connectivity index (χ0) is 12.5. The van der Waals surface area contributed by atoms with Crippen molar-refractivity contribution >= 4 is 27.3 Å². The van der Waals surface area contributed by atoms with Gasteiger partial charge in [-0.25, -0.2) is 13.6 Å². The molecular formula is C8H11N3O4S. The van der Waals surface area contributed by atoms with Crippen LogP contribution in [0.5, 0.6) is 5.75 Å². The van der Waals surface area contributed by atoms with Crippen molar-refractivity contribution in [2.75, 3.05) is 11.1 Å². The number of primary sulfonamides is 1. The van der Waals surface area contributed by atoms with E-state index in [1.54, 1.807) is 0 Å². The second-order valence-electron chi connectivity index (χ2n) is 3.14. The highest BCUT2D eigenvalue weighted by Crippen LogP contribution is 2.31. The van der Waals surface area contributed by atoms with E-state index >= 15 is 0 Å². The van der Waals surface area contributed by atoms with Gasteiger partial charge in [-0.05, 0) is 12.1 Å². The molecule has 88 valence electrons. The fraction of sp³-hybridized carbons (Fsp3) is 0.125. The first-order chi connectivity index (χ1) is 7.21. The molecule has 7 nitrogen and oxygen atoms in total. The molecule has 0 unspecified atom stereocenters. The maximum Gasteiger partial charge on any atom is 0.241 e. The monoisotopic (exact) mass is 245 g/mol. The van der Waals surface area contributed by atoms with Crippen molar-refractivity contribution in [1.29, 1.82) is 0 Å². The molecule has 0 saturated heterocycles. The zero-order valence-electron chi connectivity index (χ0n) is 8.39. The highest BCUT2D eigenvalue weighted by atomic mass is 32.2. The maximum atomic E-state index is 11.1. The number of nitrogens with two attached hydrogens (primary N) is 2. The molecule has 1 aromatic rings. The minimum absolute atomic E-state index is 0.145. The summed E-state index contributed by atoms with van der Waals surface area (Å²) in [5, 5.41) is 16.6. The first-order valence-corrected chi connectivity index (χ1v) is 5.69. The average molecular weight is 245 g/mol. The van der Waals surface area contributed by atoms with Crippen LogP contribution in [0.15, 0.2) is 17.0 Å². The summed E-state index contributed by atoms with van der Waals surface area (Å²) in [5.41, 5.74) is 5.33. The molecule has 0 bridgehead atoms. The lowest BCUT2D eigenvalue weighted by molar-refractivity contribution is -0.114. The van der Waals surface area contributed by atoms with E-state index in [4.69, 9.17) is 10.9 Å². The minimum Gasteiger partial charge on any atom is -0.504 e. The van der Waals surface area contributed by atoms with Crippen LogP contribution in [0, 0.1) is 0 Å². The van der Waals surface area contributed by atoms with Gasteiger partial charge in [-0.2, -0.15) is 0 Å². The van der Waals surface area contributed by atoms with Crippen molar-refractivity contribution in [3.05, 3.63) is 12.1 Å². The number of nitrogens with one attached hydrogen (secondary N) is 1. The number of hydrogen-bond acceptors (Lipinski definition) is 5. The Morgan fingerprint density at radius 3 is 2.44 bits per heavy atom. The van der Waals surface area contributed by atoms with Gasteiger partial charge in [0.05, 0.1) is 5.69 Å². The van der Waals surface area contributed by atoms with Crippen LogP contribution < -0.4 is 16.2 Å². The van der Waals surface area contributed by atoms with Crippen molar-refractivity contribution in [2.45, 2.75) is 11.8 Å². The van der Waals surface area contributed by atoms with Gasteiger partial charge < -0.3 is 16.2 Å². The van der Waals surface area contributed by atoms with E-state index in [1.807, 2.05) is 0 Å². The molecule has 8 heteroatoms. The van der Waals surface area contributed by atoms with Gasteiger partial charge in [0.15, 0.2) is 5.75 Å². The summed E-state index contributed by atoms with van der Waals surface area (Å²) in [4.78, 5) is 10.2. The quantitative estimate of drug-likeness (QED) is 0.319. The maximum absolute atomic E-state index is 11.1. The lowest BCUT2D eigenvalue weighted by Gasteiger charge is -2.09. The number of aromatic hydroxyl groups is 1. The number of nitrogen functional groups attached to an aromatic ring is 1. The minimum atomic E-state index is -4.10. The van der Waals surface area contributed by atoms with Gasteiger partial charge in [-0.15, -0.1) is 0 Å². The molecule has 0 saturated carbocycles. The third-order valence-corrected chi connectivity index (χ3v) is 2.66. The fourth-order valence-electron chi connectivity index (χ4n) is 1.12. The molecular weight excluding hydrogens is 234 g/mol. The van der Waals surface area contributed by atoms with E-state index in [0.29, 0.717) is 0 Å². The van der Waals surface area contributed by atoms with Gasteiger partial charge in [-0.3, -0.25) is 4.79 Å². The summed E-state index contributed by atoms with van der Waals surface area (Å²) in [6.45, 7) is 1.25. The summed E-state index contributed by atoms with van der Waals surface area (Å²) in [6, 6.07) is 2.26. The standard InChI is InChI=1S/C8H11N3O4S/c1-4(12)11-5-2-6(9)8(13)7(3-5)16(10,14)15/h2-3,13H,9H2,1H3,(H,11,12)(H2,10,14,15). The van der Waals surface area contributed by atoms with Gasteiger partial charge in [-0.1, -0.05) is 0 Å². The highest BCUT2D eigenvalue weighted by molar-refractivity contribution is 7.89. The number of sulfonamides is 1. The number of rotatable bonds is 2. The van der Waals surface area contributed by atoms with E-state index in [2.05, 4.69) is 5.32 Å². The van der Waals surface area contributed by atoms with E-state index in [0.717, 1.165) is 6.07 Å². The second kappa shape index (κ2) is 3.99. The van der Waals surface area contributed by atoms with Gasteiger partial charge in [0.2, 0.25) is 15.9 Å². The zero-order valence-corrected chi connectivity index (χ0v) is 9.21. The summed E-state index contributed by atoms with van der Waals surface area (Å²) < 4.78 is 22.2. The molecule has 16 heavy (non-hydrogen) atoms. The normalized spacial score (nSPS) is 11.1. The Morgan fingerprint density at radius 1 is 1.44 bits per heavy atom. The number of hydrogen-bond donors (Lipinski definition) is 4. The summed E-state index contributed by atoms with van der Waals surface area (Å²) in [5.74, 6) is -1.03. The van der Waals surface area contributed by atoms with Gasteiger partial charge >= 0.3 is 0 Å². The van der Waals surface area contributed by atoms with Crippen LogP contribution in [0.4, 0.5) is 11.4 Å². The molecule has 0 aromatic heterocycles. The lowest BCUT2D eigenvalue weighted by Crippen LogP contribution is -2.14. The Hall–Kier alpha value is -1.80. The summed E-state index contributed by atoms with van der Waals surface area (Å²) in [7, 11) is -4.10. The Balaban J connectivity index is 3.39. The SMILES string of the molecule is CC(=O)Nc1cc(N)c(O)c(S(N)(=O)=O)c1. The number of benzene rings is 1. The van der Waals surface area contributed by atoms with Crippen molar-refractivity contribution < 1.29 is 18.3 Å². The number of anilines is 2. The van der Waals surface area contributed by atoms with Crippen LogP contribution in [-0.2, 0) is 14.8 Å². The van der Waals surface area contributed by atoms with E-state index in [9.17, 15) is 18.3 Å². The predicted molar refractivity (Wildman–Crippen MR) is 58.2 cm³/mol. The Kier molecular flexibility index (Phi) is 3.06. The molecule has 0 aliphatic carbocycles. The number of carbonyl (C=O) groups excluding carboxylic acids is 1. The third-order valence-electron chi connectivity index (χ3n) is 1.73. The Labute approximate surface area is 92.1 Å². The first kappa shape index (κ1) is 12.3. The fourth-order valence-corrected chi connectivity index (χ4v) is 1.80. The van der Waals surface area contributed by atoms with Gasteiger partial charge in [0.1, 0.15) is 4.90 Å². The van der Waals surface area contributed by atoms with E-state index in [-0.39, 0.29) is 11.4 Å². The smallest absolute Gasteiger partial charge is 0.241 e. The third kappa shape index (κ3) is 2.61. The lowest BCUT2D eigenvalue weighted by atomic mass is 10.2. The topological polar surface area (TPSA) is 136 Å². The largest absolute Gasteiger partial charge is 0.504 e. The molecule has 1 amide bonds. The molecule has 0 spiro atoms. The van der Waals surface area contributed by atoms with Crippen LogP contribution in [0.3, 0.4) is 0 Å². The summed E-state index contributed by atoms with van der Waals surface area (Å²) in [6.07, 6.45) is 0. The van der Waals surface area contributed by atoms with Crippen LogP contribution in [0.1, 0.15) is 6.92 Å². The first-order valence-electron chi connectivity index (χ1n) is 4.14. The van der Waals surface area contributed by atoms with Crippen molar-refractivity contribution in [2.24, 2.45) is 5.14 Å². The molecule has 0 atom stereocenters. The van der Waals surface area contributed by atoms with Crippen molar-refractivity contribution in [1.82, 2.24) is 0 Å². The van der Waals surface area contributed by atoms with Crippen LogP contribution in [-0.4, -0.2) is 19.4 Å². The van der Waals surface area contributed by atoms with Crippen LogP contribution >= 0.6 is 0 Å². The van der Waals surface area contributed by atoms with Crippen LogP contribution in [0.25, 0.3) is 0 Å². The van der Waals surface area contributed by atoms with Gasteiger partial charge in [0, 0.05) is 12.6 Å². The van der Waals surface area contributed by atoms with E-state index in [1.165, 1.54) is 13.0 Å². The Morgan fingerprint density at radius 2 is 2.00 bits per heavy atom. The molecule has 6 N–H and O–H groups in total.